The van der Waals surface area contributed by atoms with Gasteiger partial charge < -0.3 is 20.1 Å². The summed E-state index contributed by atoms with van der Waals surface area (Å²) in [7, 11) is 0. The van der Waals surface area contributed by atoms with Gasteiger partial charge in [-0.2, -0.15) is 0 Å². The van der Waals surface area contributed by atoms with Crippen LogP contribution in [0.2, 0.25) is 0 Å². The van der Waals surface area contributed by atoms with Gasteiger partial charge in [0.25, 0.3) is 5.91 Å². The number of hydrogen-bond acceptors (Lipinski definition) is 4. The topological polar surface area (TPSA) is 81.9 Å². The number of allylic oxidation sites excluding steroid dienone is 1. The summed E-state index contributed by atoms with van der Waals surface area (Å²) >= 11 is 0. The van der Waals surface area contributed by atoms with Crippen molar-refractivity contribution >= 4 is 12.0 Å². The highest BCUT2D eigenvalue weighted by Crippen LogP contribution is 2.11. The van der Waals surface area contributed by atoms with Crippen LogP contribution in [0.15, 0.2) is 24.4 Å². The molecule has 6 heteroatoms. The van der Waals surface area contributed by atoms with Crippen LogP contribution in [0.5, 0.6) is 0 Å². The lowest BCUT2D eigenvalue weighted by molar-refractivity contribution is -0.123. The van der Waals surface area contributed by atoms with E-state index in [4.69, 9.17) is 10.5 Å². The molecule has 0 atom stereocenters. The SMILES string of the molecule is C=C1C=CC(=O)N1CCOCCOC(N)=O. The van der Waals surface area contributed by atoms with Gasteiger partial charge in [-0.3, -0.25) is 4.79 Å². The molecule has 2 N–H and O–H groups in total. The van der Waals surface area contributed by atoms with E-state index in [0.29, 0.717) is 18.8 Å². The second-order valence-electron chi connectivity index (χ2n) is 3.09. The Hall–Kier alpha value is -1.82. The van der Waals surface area contributed by atoms with Gasteiger partial charge >= 0.3 is 6.09 Å². The van der Waals surface area contributed by atoms with E-state index >= 15 is 0 Å². The maximum atomic E-state index is 11.2. The molecule has 0 aromatic heterocycles. The zero-order valence-corrected chi connectivity index (χ0v) is 8.85. The molecule has 1 aliphatic rings. The number of ether oxygens (including phenoxy) is 2. The molecule has 0 aliphatic carbocycles. The number of carbonyl (C=O) groups is 2. The van der Waals surface area contributed by atoms with Crippen LogP contribution in [-0.2, 0) is 14.3 Å². The van der Waals surface area contributed by atoms with Gasteiger partial charge in [0, 0.05) is 18.3 Å². The highest BCUT2D eigenvalue weighted by molar-refractivity contribution is 5.92. The minimum atomic E-state index is -0.823. The predicted octanol–water partition coefficient (Wildman–Crippen LogP) is 0.0104. The molecule has 88 valence electrons. The highest BCUT2D eigenvalue weighted by atomic mass is 16.6. The molecule has 0 radical (unpaired) electrons. The van der Waals surface area contributed by atoms with Gasteiger partial charge in [-0.15, -0.1) is 0 Å². The number of hydrogen-bond donors (Lipinski definition) is 1. The van der Waals surface area contributed by atoms with E-state index < -0.39 is 6.09 Å². The summed E-state index contributed by atoms with van der Waals surface area (Å²) in [5.74, 6) is -0.0954. The summed E-state index contributed by atoms with van der Waals surface area (Å²) in [6.07, 6.45) is 2.28. The van der Waals surface area contributed by atoms with Gasteiger partial charge in [-0.05, 0) is 6.08 Å². The number of rotatable bonds is 6. The number of amides is 2. The summed E-state index contributed by atoms with van der Waals surface area (Å²) < 4.78 is 9.61. The lowest BCUT2D eigenvalue weighted by Crippen LogP contribution is -2.28. The lowest BCUT2D eigenvalue weighted by atomic mass is 10.4. The summed E-state index contributed by atoms with van der Waals surface area (Å²) in [6, 6.07) is 0. The number of primary amides is 1. The first-order valence-electron chi connectivity index (χ1n) is 4.79. The van der Waals surface area contributed by atoms with Gasteiger partial charge in [-0.25, -0.2) is 4.79 Å². The molecule has 1 rings (SSSR count). The third-order valence-electron chi connectivity index (χ3n) is 1.96. The monoisotopic (exact) mass is 226 g/mol. The molecule has 0 aromatic rings. The fourth-order valence-corrected chi connectivity index (χ4v) is 1.20. The van der Waals surface area contributed by atoms with Gasteiger partial charge in [-0.1, -0.05) is 6.58 Å². The molecule has 16 heavy (non-hydrogen) atoms. The summed E-state index contributed by atoms with van der Waals surface area (Å²) in [5, 5.41) is 0. The van der Waals surface area contributed by atoms with Crippen LogP contribution in [0, 0.1) is 0 Å². The quantitative estimate of drug-likeness (QED) is 0.647. The number of nitrogens with two attached hydrogens (primary N) is 1. The Morgan fingerprint density at radius 2 is 2.12 bits per heavy atom. The molecular weight excluding hydrogens is 212 g/mol. The highest BCUT2D eigenvalue weighted by Gasteiger charge is 2.17. The Kier molecular flexibility index (Phi) is 4.53. The van der Waals surface area contributed by atoms with Gasteiger partial charge in [0.2, 0.25) is 0 Å². The maximum Gasteiger partial charge on any atom is 0.404 e. The zero-order valence-electron chi connectivity index (χ0n) is 8.85. The van der Waals surface area contributed by atoms with Crippen LogP contribution in [-0.4, -0.2) is 43.3 Å². The molecule has 0 unspecified atom stereocenters. The minimum absolute atomic E-state index is 0.0954. The largest absolute Gasteiger partial charge is 0.447 e. The van der Waals surface area contributed by atoms with Crippen molar-refractivity contribution in [1.82, 2.24) is 4.90 Å². The van der Waals surface area contributed by atoms with E-state index in [0.717, 1.165) is 0 Å². The second kappa shape index (κ2) is 5.92. The molecular formula is C10H14N2O4. The smallest absolute Gasteiger partial charge is 0.404 e. The molecule has 0 saturated carbocycles. The number of nitrogens with zero attached hydrogens (tertiary/aromatic N) is 1. The average molecular weight is 226 g/mol. The van der Waals surface area contributed by atoms with Crippen LogP contribution >= 0.6 is 0 Å². The van der Waals surface area contributed by atoms with Crippen molar-refractivity contribution in [3.63, 3.8) is 0 Å². The predicted molar refractivity (Wildman–Crippen MR) is 56.3 cm³/mol. The van der Waals surface area contributed by atoms with Crippen molar-refractivity contribution in [3.8, 4) is 0 Å². The third kappa shape index (κ3) is 3.74. The summed E-state index contributed by atoms with van der Waals surface area (Å²) in [6.45, 7) is 4.86. The molecule has 0 bridgehead atoms. The Morgan fingerprint density at radius 1 is 1.38 bits per heavy atom. The normalized spacial score (nSPS) is 14.6. The Morgan fingerprint density at radius 3 is 2.69 bits per heavy atom. The van der Waals surface area contributed by atoms with Crippen LogP contribution in [0.4, 0.5) is 4.79 Å². The van der Waals surface area contributed by atoms with Crippen molar-refractivity contribution < 1.29 is 19.1 Å². The van der Waals surface area contributed by atoms with Crippen molar-refractivity contribution in [2.45, 2.75) is 0 Å². The molecule has 6 nitrogen and oxygen atoms in total. The lowest BCUT2D eigenvalue weighted by Gasteiger charge is -2.16. The number of carbonyl (C=O) groups excluding carboxylic acids is 2. The molecule has 2 amide bonds. The minimum Gasteiger partial charge on any atom is -0.447 e. The molecule has 0 spiro atoms. The second-order valence-corrected chi connectivity index (χ2v) is 3.09. The van der Waals surface area contributed by atoms with E-state index in [1.807, 2.05) is 0 Å². The average Bonchev–Trinajstić information content (AvgIpc) is 2.53. The molecule has 1 aliphatic heterocycles. The molecule has 0 aromatic carbocycles. The van der Waals surface area contributed by atoms with E-state index in [-0.39, 0.29) is 19.1 Å². The maximum absolute atomic E-state index is 11.2. The summed E-state index contributed by atoms with van der Waals surface area (Å²) in [5.41, 5.74) is 5.41. The molecule has 0 fully saturated rings. The summed E-state index contributed by atoms with van der Waals surface area (Å²) in [4.78, 5) is 22.9. The van der Waals surface area contributed by atoms with Gasteiger partial charge in [0.05, 0.1) is 13.2 Å². The third-order valence-corrected chi connectivity index (χ3v) is 1.96. The van der Waals surface area contributed by atoms with Crippen molar-refractivity contribution in [2.24, 2.45) is 5.73 Å². The van der Waals surface area contributed by atoms with E-state index in [1.54, 1.807) is 6.08 Å². The van der Waals surface area contributed by atoms with Crippen LogP contribution in [0.25, 0.3) is 0 Å². The van der Waals surface area contributed by atoms with Crippen molar-refractivity contribution in [2.75, 3.05) is 26.4 Å². The van der Waals surface area contributed by atoms with Crippen LogP contribution < -0.4 is 5.73 Å². The van der Waals surface area contributed by atoms with Gasteiger partial charge in [0.15, 0.2) is 0 Å². The van der Waals surface area contributed by atoms with Crippen molar-refractivity contribution in [3.05, 3.63) is 24.4 Å². The van der Waals surface area contributed by atoms with E-state index in [1.165, 1.54) is 11.0 Å². The first kappa shape index (κ1) is 12.3. The standard InChI is InChI=1S/C10H14N2O4/c1-8-2-3-9(13)12(8)4-5-15-6-7-16-10(11)14/h2-3H,1,4-7H2,(H2,11,14). The Labute approximate surface area is 93.3 Å². The van der Waals surface area contributed by atoms with E-state index in [9.17, 15) is 9.59 Å². The Bertz CT molecular complexity index is 307. The van der Waals surface area contributed by atoms with Crippen molar-refractivity contribution in [1.29, 1.82) is 0 Å². The van der Waals surface area contributed by atoms with Crippen LogP contribution in [0.3, 0.4) is 0 Å². The van der Waals surface area contributed by atoms with E-state index in [2.05, 4.69) is 11.3 Å². The first-order chi connectivity index (χ1) is 7.61. The van der Waals surface area contributed by atoms with Gasteiger partial charge in [0.1, 0.15) is 6.61 Å². The first-order valence-corrected chi connectivity index (χ1v) is 4.79. The molecule has 0 saturated heterocycles. The van der Waals surface area contributed by atoms with Crippen LogP contribution in [0.1, 0.15) is 0 Å². The molecule has 1 heterocycles. The fourth-order valence-electron chi connectivity index (χ4n) is 1.20. The zero-order chi connectivity index (χ0) is 12.0. The fraction of sp³-hybridized carbons (Fsp3) is 0.400. The Balaban J connectivity index is 2.05.